The average Bonchev–Trinajstić information content (AvgIpc) is 2.45. The van der Waals surface area contributed by atoms with Crippen LogP contribution in [0.4, 0.5) is 0 Å². The van der Waals surface area contributed by atoms with Gasteiger partial charge in [-0.2, -0.15) is 0 Å². The van der Waals surface area contributed by atoms with Crippen molar-refractivity contribution in [3.63, 3.8) is 0 Å². The van der Waals surface area contributed by atoms with Gasteiger partial charge in [0.25, 0.3) is 0 Å². The van der Waals surface area contributed by atoms with Gasteiger partial charge in [-0.1, -0.05) is 52.9 Å². The summed E-state index contributed by atoms with van der Waals surface area (Å²) in [5.41, 5.74) is 0.346. The van der Waals surface area contributed by atoms with Crippen LogP contribution in [0.3, 0.4) is 0 Å². The highest BCUT2D eigenvalue weighted by atomic mass is 15.3. The van der Waals surface area contributed by atoms with Gasteiger partial charge in [0, 0.05) is 31.7 Å². The Labute approximate surface area is 140 Å². The van der Waals surface area contributed by atoms with E-state index in [1.54, 1.807) is 0 Å². The van der Waals surface area contributed by atoms with Crippen molar-refractivity contribution < 1.29 is 0 Å². The second kappa shape index (κ2) is 9.93. The van der Waals surface area contributed by atoms with Crippen LogP contribution in [0.25, 0.3) is 0 Å². The number of unbranched alkanes of at least 4 members (excludes halogenated alkanes) is 3. The molecule has 1 fully saturated rings. The van der Waals surface area contributed by atoms with Crippen molar-refractivity contribution in [2.75, 3.05) is 32.7 Å². The highest BCUT2D eigenvalue weighted by Crippen LogP contribution is 2.22. The quantitative estimate of drug-likeness (QED) is 0.551. The summed E-state index contributed by atoms with van der Waals surface area (Å²) in [6.07, 6.45) is 8.50. The van der Waals surface area contributed by atoms with Gasteiger partial charge in [-0.3, -0.25) is 4.90 Å². The molecule has 0 spiro atoms. The van der Waals surface area contributed by atoms with E-state index in [2.05, 4.69) is 51.3 Å². The molecule has 0 N–H and O–H groups in total. The minimum atomic E-state index is 0.346. The van der Waals surface area contributed by atoms with E-state index in [1.165, 1.54) is 71.2 Å². The third-order valence-electron chi connectivity index (χ3n) is 5.59. The van der Waals surface area contributed by atoms with Crippen LogP contribution in [0.5, 0.6) is 0 Å². The molecule has 0 saturated carbocycles. The summed E-state index contributed by atoms with van der Waals surface area (Å²) in [5.74, 6) is 1.81. The lowest BCUT2D eigenvalue weighted by atomic mass is 9.88. The Morgan fingerprint density at radius 3 is 1.95 bits per heavy atom. The fraction of sp³-hybridized carbons (Fsp3) is 1.00. The first kappa shape index (κ1) is 20.0. The van der Waals surface area contributed by atoms with E-state index >= 15 is 0 Å². The molecule has 1 aliphatic rings. The zero-order valence-corrected chi connectivity index (χ0v) is 16.3. The summed E-state index contributed by atoms with van der Waals surface area (Å²) in [6, 6.07) is 0. The third kappa shape index (κ3) is 7.46. The molecule has 2 heteroatoms. The number of nitrogens with zero attached hydrogens (tertiary/aromatic N) is 2. The molecule has 1 heterocycles. The van der Waals surface area contributed by atoms with Gasteiger partial charge in [-0.25, -0.2) is 0 Å². The maximum atomic E-state index is 2.67. The Morgan fingerprint density at radius 1 is 0.864 bits per heavy atom. The standard InChI is InChI=1S/C20H42N2/c1-7-19(18(2)3)12-10-8-9-11-13-21-14-16-22(17-15-21)20(4,5)6/h18-19H,7-17H2,1-6H3. The van der Waals surface area contributed by atoms with Crippen molar-refractivity contribution in [1.82, 2.24) is 9.80 Å². The Balaban J connectivity index is 2.02. The lowest BCUT2D eigenvalue weighted by Crippen LogP contribution is -2.53. The van der Waals surface area contributed by atoms with Crippen molar-refractivity contribution in [1.29, 1.82) is 0 Å². The molecule has 1 atom stereocenters. The lowest BCUT2D eigenvalue weighted by molar-refractivity contribution is 0.0616. The normalized spacial score (nSPS) is 19.8. The zero-order chi connectivity index (χ0) is 16.6. The first-order valence-electron chi connectivity index (χ1n) is 9.82. The Morgan fingerprint density at radius 2 is 1.45 bits per heavy atom. The molecule has 0 bridgehead atoms. The Kier molecular flexibility index (Phi) is 9.01. The van der Waals surface area contributed by atoms with E-state index in [1.807, 2.05) is 0 Å². The van der Waals surface area contributed by atoms with Gasteiger partial charge in [0.1, 0.15) is 0 Å². The molecule has 0 aromatic heterocycles. The van der Waals surface area contributed by atoms with Crippen molar-refractivity contribution in [3.05, 3.63) is 0 Å². The van der Waals surface area contributed by atoms with Crippen LogP contribution in [-0.4, -0.2) is 48.1 Å². The van der Waals surface area contributed by atoms with Gasteiger partial charge < -0.3 is 4.90 Å². The fourth-order valence-electron chi connectivity index (χ4n) is 3.75. The molecular weight excluding hydrogens is 268 g/mol. The molecule has 0 radical (unpaired) electrons. The first-order valence-corrected chi connectivity index (χ1v) is 9.82. The van der Waals surface area contributed by atoms with Crippen LogP contribution >= 0.6 is 0 Å². The van der Waals surface area contributed by atoms with Gasteiger partial charge >= 0.3 is 0 Å². The molecular formula is C20H42N2. The lowest BCUT2D eigenvalue weighted by Gasteiger charge is -2.42. The smallest absolute Gasteiger partial charge is 0.0126 e. The monoisotopic (exact) mass is 310 g/mol. The van der Waals surface area contributed by atoms with E-state index in [0.717, 1.165) is 11.8 Å². The average molecular weight is 311 g/mol. The van der Waals surface area contributed by atoms with E-state index < -0.39 is 0 Å². The molecule has 1 saturated heterocycles. The summed E-state index contributed by atoms with van der Waals surface area (Å²) < 4.78 is 0. The van der Waals surface area contributed by atoms with Crippen molar-refractivity contribution in [2.24, 2.45) is 11.8 Å². The first-order chi connectivity index (χ1) is 10.3. The van der Waals surface area contributed by atoms with Gasteiger partial charge in [0.05, 0.1) is 0 Å². The van der Waals surface area contributed by atoms with E-state index in [0.29, 0.717) is 5.54 Å². The molecule has 0 amide bonds. The van der Waals surface area contributed by atoms with Crippen molar-refractivity contribution >= 4 is 0 Å². The Bertz CT molecular complexity index is 272. The van der Waals surface area contributed by atoms with Crippen LogP contribution in [0.1, 0.15) is 80.1 Å². The van der Waals surface area contributed by atoms with Crippen LogP contribution in [-0.2, 0) is 0 Å². The topological polar surface area (TPSA) is 6.48 Å². The van der Waals surface area contributed by atoms with Gasteiger partial charge in [-0.15, -0.1) is 0 Å². The van der Waals surface area contributed by atoms with Gasteiger partial charge in [0.15, 0.2) is 0 Å². The number of hydrogen-bond acceptors (Lipinski definition) is 2. The molecule has 0 aromatic carbocycles. The highest BCUT2D eigenvalue weighted by Gasteiger charge is 2.25. The predicted octanol–water partition coefficient (Wildman–Crippen LogP) is 5.04. The molecule has 132 valence electrons. The maximum Gasteiger partial charge on any atom is 0.0126 e. The highest BCUT2D eigenvalue weighted by molar-refractivity contribution is 4.81. The number of rotatable bonds is 9. The maximum absolute atomic E-state index is 2.67. The SMILES string of the molecule is CCC(CCCCCCN1CCN(C(C)(C)C)CC1)C(C)C. The minimum absolute atomic E-state index is 0.346. The molecule has 22 heavy (non-hydrogen) atoms. The van der Waals surface area contributed by atoms with Crippen LogP contribution < -0.4 is 0 Å². The fourth-order valence-corrected chi connectivity index (χ4v) is 3.75. The summed E-state index contributed by atoms with van der Waals surface area (Å²) in [7, 11) is 0. The Hall–Kier alpha value is -0.0800. The van der Waals surface area contributed by atoms with Crippen LogP contribution in [0.2, 0.25) is 0 Å². The molecule has 0 aliphatic carbocycles. The molecule has 1 rings (SSSR count). The summed E-state index contributed by atoms with van der Waals surface area (Å²) in [4.78, 5) is 5.30. The third-order valence-corrected chi connectivity index (χ3v) is 5.59. The molecule has 0 aromatic rings. The zero-order valence-electron chi connectivity index (χ0n) is 16.3. The number of hydrogen-bond donors (Lipinski definition) is 0. The van der Waals surface area contributed by atoms with Crippen molar-refractivity contribution in [2.45, 2.75) is 85.6 Å². The predicted molar refractivity (Wildman–Crippen MR) is 99.5 cm³/mol. The number of piperazine rings is 1. The van der Waals surface area contributed by atoms with Crippen LogP contribution in [0.15, 0.2) is 0 Å². The van der Waals surface area contributed by atoms with Crippen molar-refractivity contribution in [3.8, 4) is 0 Å². The summed E-state index contributed by atoms with van der Waals surface area (Å²) >= 11 is 0. The van der Waals surface area contributed by atoms with E-state index in [4.69, 9.17) is 0 Å². The second-order valence-electron chi connectivity index (χ2n) is 8.61. The summed E-state index contributed by atoms with van der Waals surface area (Å²) in [5, 5.41) is 0. The van der Waals surface area contributed by atoms with E-state index in [-0.39, 0.29) is 0 Å². The van der Waals surface area contributed by atoms with Gasteiger partial charge in [-0.05, 0) is 45.6 Å². The molecule has 1 aliphatic heterocycles. The molecule has 2 nitrogen and oxygen atoms in total. The summed E-state index contributed by atoms with van der Waals surface area (Å²) in [6.45, 7) is 20.5. The van der Waals surface area contributed by atoms with Gasteiger partial charge in [0.2, 0.25) is 0 Å². The largest absolute Gasteiger partial charge is 0.301 e. The second-order valence-corrected chi connectivity index (χ2v) is 8.61. The van der Waals surface area contributed by atoms with E-state index in [9.17, 15) is 0 Å². The minimum Gasteiger partial charge on any atom is -0.301 e. The van der Waals surface area contributed by atoms with Crippen LogP contribution in [0, 0.1) is 11.8 Å². The molecule has 1 unspecified atom stereocenters.